The fourth-order valence-corrected chi connectivity index (χ4v) is 6.05. The highest BCUT2D eigenvalue weighted by atomic mass is 32.1. The van der Waals surface area contributed by atoms with Crippen LogP contribution in [-0.2, 0) is 18.4 Å². The van der Waals surface area contributed by atoms with Crippen molar-refractivity contribution in [3.05, 3.63) is 52.6 Å². The summed E-state index contributed by atoms with van der Waals surface area (Å²) in [7, 11) is 3.86. The first-order chi connectivity index (χ1) is 17.5. The third-order valence-corrected chi connectivity index (χ3v) is 8.11. The molecule has 190 valence electrons. The Balaban J connectivity index is 1.26. The molecule has 5 rings (SSSR count). The summed E-state index contributed by atoms with van der Waals surface area (Å²) in [6.45, 7) is 2.52. The Labute approximate surface area is 215 Å². The molecule has 0 unspecified atom stereocenters. The van der Waals surface area contributed by atoms with Gasteiger partial charge in [-0.05, 0) is 36.6 Å². The van der Waals surface area contributed by atoms with Gasteiger partial charge in [0.05, 0.1) is 29.0 Å². The number of aromatic nitrogens is 3. The third kappa shape index (κ3) is 5.53. The van der Waals surface area contributed by atoms with Gasteiger partial charge in [-0.2, -0.15) is 5.10 Å². The van der Waals surface area contributed by atoms with Gasteiger partial charge in [0.2, 0.25) is 5.91 Å². The first-order valence-electron chi connectivity index (χ1n) is 12.6. The molecular formula is C26H33N7O2S. The number of amides is 2. The number of carbonyl (C=O) groups excluding carboxylic acids is 2. The number of hydrogen-bond donors (Lipinski definition) is 2. The molecule has 3 aromatic heterocycles. The third-order valence-electron chi connectivity index (χ3n) is 7.04. The minimum atomic E-state index is -0.582. The van der Waals surface area contributed by atoms with Crippen molar-refractivity contribution in [2.45, 2.75) is 44.7 Å². The topological polar surface area (TPSA) is 95.4 Å². The molecule has 2 aliphatic rings. The van der Waals surface area contributed by atoms with Crippen molar-refractivity contribution in [1.82, 2.24) is 20.1 Å². The number of thiophene rings is 1. The molecule has 0 radical (unpaired) electrons. The summed E-state index contributed by atoms with van der Waals surface area (Å²) in [5.74, 6) is 1.05. The van der Waals surface area contributed by atoms with E-state index in [1.807, 2.05) is 24.4 Å². The Bertz CT molecular complexity index is 1220. The van der Waals surface area contributed by atoms with Gasteiger partial charge in [-0.25, -0.2) is 4.98 Å². The van der Waals surface area contributed by atoms with Gasteiger partial charge in [-0.1, -0.05) is 25.7 Å². The highest BCUT2D eigenvalue weighted by Gasteiger charge is 2.28. The number of fused-ring (bicyclic) bond motifs is 1. The predicted octanol–water partition coefficient (Wildman–Crippen LogP) is 3.65. The smallest absolute Gasteiger partial charge is 0.262 e. The Morgan fingerprint density at radius 1 is 1.17 bits per heavy atom. The van der Waals surface area contributed by atoms with Crippen LogP contribution in [0.3, 0.4) is 0 Å². The molecular weight excluding hydrogens is 474 g/mol. The Hall–Kier alpha value is -3.40. The van der Waals surface area contributed by atoms with Crippen LogP contribution >= 0.6 is 11.3 Å². The van der Waals surface area contributed by atoms with Crippen molar-refractivity contribution in [3.63, 3.8) is 0 Å². The van der Waals surface area contributed by atoms with Crippen molar-refractivity contribution in [2.75, 3.05) is 35.3 Å². The van der Waals surface area contributed by atoms with Crippen LogP contribution in [0, 0.1) is 5.92 Å². The van der Waals surface area contributed by atoms with Crippen LogP contribution in [0.1, 0.15) is 46.7 Å². The van der Waals surface area contributed by atoms with Gasteiger partial charge < -0.3 is 20.4 Å². The average molecular weight is 508 g/mol. The average Bonchev–Trinajstić information content (AvgIpc) is 3.64. The molecule has 1 aliphatic carbocycles. The summed E-state index contributed by atoms with van der Waals surface area (Å²) in [6, 6.07) is 7.34. The first-order valence-corrected chi connectivity index (χ1v) is 13.4. The van der Waals surface area contributed by atoms with Gasteiger partial charge in [-0.15, -0.1) is 11.3 Å². The van der Waals surface area contributed by atoms with Gasteiger partial charge in [0.25, 0.3) is 5.91 Å². The van der Waals surface area contributed by atoms with E-state index in [2.05, 4.69) is 43.6 Å². The largest absolute Gasteiger partial charge is 0.362 e. The lowest BCUT2D eigenvalue weighted by Gasteiger charge is -2.35. The second-order valence-electron chi connectivity index (χ2n) is 9.76. The molecule has 1 saturated carbocycles. The fraction of sp³-hybridized carbons (Fsp3) is 0.462. The van der Waals surface area contributed by atoms with Crippen molar-refractivity contribution in [2.24, 2.45) is 13.0 Å². The maximum Gasteiger partial charge on any atom is 0.262 e. The zero-order valence-electron chi connectivity index (χ0n) is 20.8. The number of carbonyl (C=O) groups is 2. The molecule has 0 bridgehead atoms. The summed E-state index contributed by atoms with van der Waals surface area (Å²) in [5, 5.41) is 10.1. The molecule has 9 nitrogen and oxygen atoms in total. The Kier molecular flexibility index (Phi) is 7.22. The van der Waals surface area contributed by atoms with Crippen molar-refractivity contribution < 1.29 is 9.59 Å². The minimum absolute atomic E-state index is 0.193. The molecule has 0 spiro atoms. The number of nitrogens with one attached hydrogen (secondary N) is 2. The van der Waals surface area contributed by atoms with E-state index in [0.717, 1.165) is 48.9 Å². The zero-order chi connectivity index (χ0) is 25.1. The van der Waals surface area contributed by atoms with E-state index in [4.69, 9.17) is 0 Å². The number of pyridine rings is 1. The summed E-state index contributed by atoms with van der Waals surface area (Å²) in [6.07, 6.45) is 10.4. The highest BCUT2D eigenvalue weighted by Crippen LogP contribution is 2.32. The number of rotatable bonds is 8. The first kappa shape index (κ1) is 24.3. The Morgan fingerprint density at radius 3 is 2.78 bits per heavy atom. The molecule has 1 aliphatic heterocycles. The van der Waals surface area contributed by atoms with Gasteiger partial charge in [-0.3, -0.25) is 14.3 Å². The predicted molar refractivity (Wildman–Crippen MR) is 143 cm³/mol. The second-order valence-corrected chi connectivity index (χ2v) is 10.9. The SMILES string of the molecule is CN1CCN(Cc2ccc(C(=O)N[C@@H](CC3CCCC3)C(=O)Nc3cnn(C)c3)s2)c2cccnc21. The van der Waals surface area contributed by atoms with Crippen LogP contribution in [0.2, 0.25) is 0 Å². The highest BCUT2D eigenvalue weighted by molar-refractivity contribution is 7.14. The lowest BCUT2D eigenvalue weighted by molar-refractivity contribution is -0.118. The maximum absolute atomic E-state index is 13.2. The monoisotopic (exact) mass is 507 g/mol. The van der Waals surface area contributed by atoms with Crippen molar-refractivity contribution in [3.8, 4) is 0 Å². The summed E-state index contributed by atoms with van der Waals surface area (Å²) in [5.41, 5.74) is 1.74. The van der Waals surface area contributed by atoms with Crippen LogP contribution in [0.25, 0.3) is 0 Å². The summed E-state index contributed by atoms with van der Waals surface area (Å²) >= 11 is 1.48. The van der Waals surface area contributed by atoms with Crippen molar-refractivity contribution >= 4 is 40.3 Å². The number of anilines is 3. The molecule has 1 atom stereocenters. The second kappa shape index (κ2) is 10.7. The molecule has 1 fully saturated rings. The fourth-order valence-electron chi connectivity index (χ4n) is 5.12. The number of aryl methyl sites for hydroxylation is 1. The van der Waals surface area contributed by atoms with Gasteiger partial charge in [0, 0.05) is 44.5 Å². The van der Waals surface area contributed by atoms with E-state index in [0.29, 0.717) is 22.9 Å². The number of nitrogens with zero attached hydrogens (tertiary/aromatic N) is 5. The lowest BCUT2D eigenvalue weighted by atomic mass is 9.97. The van der Waals surface area contributed by atoms with Gasteiger partial charge in [0.15, 0.2) is 5.82 Å². The van der Waals surface area contributed by atoms with Crippen LogP contribution < -0.4 is 20.4 Å². The maximum atomic E-state index is 13.2. The van der Waals surface area contributed by atoms with E-state index in [9.17, 15) is 9.59 Å². The standard InChI is InChI=1S/C26H33N7O2S/c1-31-12-13-33(22-8-5-11-27-24(22)31)17-20-9-10-23(36-20)26(35)30-21(14-18-6-3-4-7-18)25(34)29-19-15-28-32(2)16-19/h5,8-11,15-16,18,21H,3-4,6-7,12-14,17H2,1-2H3,(H,29,34)(H,30,35)/t21-/m0/s1. The molecule has 36 heavy (non-hydrogen) atoms. The summed E-state index contributed by atoms with van der Waals surface area (Å²) < 4.78 is 1.64. The molecule has 10 heteroatoms. The van der Waals surface area contributed by atoms with Crippen LogP contribution in [-0.4, -0.2) is 52.8 Å². The summed E-state index contributed by atoms with van der Waals surface area (Å²) in [4.78, 5) is 37.0. The van der Waals surface area contributed by atoms with Gasteiger partial charge in [0.1, 0.15) is 6.04 Å². The van der Waals surface area contributed by atoms with Gasteiger partial charge >= 0.3 is 0 Å². The van der Waals surface area contributed by atoms with E-state index in [1.165, 1.54) is 24.2 Å². The van der Waals surface area contributed by atoms with E-state index in [1.54, 1.807) is 24.1 Å². The molecule has 0 saturated heterocycles. The molecule has 2 N–H and O–H groups in total. The number of hydrogen-bond acceptors (Lipinski definition) is 7. The molecule has 2 amide bonds. The minimum Gasteiger partial charge on any atom is -0.362 e. The Morgan fingerprint density at radius 2 is 2.00 bits per heavy atom. The molecule has 0 aromatic carbocycles. The van der Waals surface area contributed by atoms with E-state index in [-0.39, 0.29) is 11.8 Å². The van der Waals surface area contributed by atoms with E-state index >= 15 is 0 Å². The van der Waals surface area contributed by atoms with Crippen LogP contribution in [0.15, 0.2) is 42.9 Å². The number of likely N-dealkylation sites (N-methyl/N-ethyl adjacent to an activating group) is 1. The molecule has 4 heterocycles. The molecule has 3 aromatic rings. The normalized spacial score (nSPS) is 16.6. The van der Waals surface area contributed by atoms with Crippen LogP contribution in [0.5, 0.6) is 0 Å². The zero-order valence-corrected chi connectivity index (χ0v) is 21.6. The van der Waals surface area contributed by atoms with Crippen LogP contribution in [0.4, 0.5) is 17.2 Å². The lowest BCUT2D eigenvalue weighted by Crippen LogP contribution is -2.44. The van der Waals surface area contributed by atoms with Crippen molar-refractivity contribution in [1.29, 1.82) is 0 Å². The van der Waals surface area contributed by atoms with E-state index < -0.39 is 6.04 Å². The quantitative estimate of drug-likeness (QED) is 0.483.